The normalized spacial score (nSPS) is 30.2. The summed E-state index contributed by atoms with van der Waals surface area (Å²) in [5.41, 5.74) is 11.5. The van der Waals surface area contributed by atoms with Crippen LogP contribution in [0.5, 0.6) is 0 Å². The van der Waals surface area contributed by atoms with Gasteiger partial charge in [-0.3, -0.25) is 0 Å². The summed E-state index contributed by atoms with van der Waals surface area (Å²) < 4.78 is 0. The summed E-state index contributed by atoms with van der Waals surface area (Å²) in [5, 5.41) is 4.19. The third kappa shape index (κ3) is 2.51. The maximum absolute atomic E-state index is 10.7. The Bertz CT molecular complexity index is 380. The summed E-state index contributed by atoms with van der Waals surface area (Å²) in [7, 11) is 0. The summed E-state index contributed by atoms with van der Waals surface area (Å²) in [4.78, 5) is 10.7. The number of primary amides is 1. The fourth-order valence-corrected chi connectivity index (χ4v) is 3.32. The topological polar surface area (TPSA) is 67.5 Å². The lowest BCUT2D eigenvalue weighted by Crippen LogP contribution is -2.35. The molecule has 0 aromatic heterocycles. The predicted octanol–water partition coefficient (Wildman–Crippen LogP) is 2.56. The molecule has 2 atom stereocenters. The molecule has 4 nitrogen and oxygen atoms in total. The number of hydrazone groups is 1. The van der Waals surface area contributed by atoms with E-state index >= 15 is 0 Å². The Balaban J connectivity index is 2.24. The number of allylic oxidation sites excluding steroid dienone is 2. The summed E-state index contributed by atoms with van der Waals surface area (Å²) in [6.07, 6.45) is 5.90. The summed E-state index contributed by atoms with van der Waals surface area (Å²) in [6.45, 7) is 4.37. The van der Waals surface area contributed by atoms with Gasteiger partial charge in [-0.05, 0) is 45.4 Å². The Morgan fingerprint density at radius 1 is 1.35 bits per heavy atom. The zero-order chi connectivity index (χ0) is 12.4. The Hall–Kier alpha value is -1.32. The van der Waals surface area contributed by atoms with Crippen molar-refractivity contribution in [1.29, 1.82) is 0 Å². The molecule has 0 aliphatic heterocycles. The van der Waals surface area contributed by atoms with Gasteiger partial charge < -0.3 is 5.73 Å². The molecule has 4 heteroatoms. The minimum absolute atomic E-state index is 0.444. The third-order valence-corrected chi connectivity index (χ3v) is 3.90. The molecular formula is C13H21N3O. The molecule has 3 N–H and O–H groups in total. The van der Waals surface area contributed by atoms with E-state index in [0.717, 1.165) is 30.9 Å². The highest BCUT2D eigenvalue weighted by atomic mass is 16.2. The van der Waals surface area contributed by atoms with Crippen LogP contribution in [-0.4, -0.2) is 11.7 Å². The largest absolute Gasteiger partial charge is 0.350 e. The smallest absolute Gasteiger partial charge is 0.332 e. The van der Waals surface area contributed by atoms with Crippen LogP contribution < -0.4 is 11.2 Å². The molecule has 2 unspecified atom stereocenters. The minimum atomic E-state index is -0.575. The molecule has 2 amide bonds. The zero-order valence-corrected chi connectivity index (χ0v) is 10.6. The second kappa shape index (κ2) is 4.90. The lowest BCUT2D eigenvalue weighted by Gasteiger charge is -2.39. The molecule has 0 heterocycles. The maximum Gasteiger partial charge on any atom is 0.332 e. The number of urea groups is 1. The van der Waals surface area contributed by atoms with Gasteiger partial charge in [0, 0.05) is 11.6 Å². The van der Waals surface area contributed by atoms with E-state index in [1.165, 1.54) is 18.4 Å². The van der Waals surface area contributed by atoms with Crippen molar-refractivity contribution in [3.05, 3.63) is 11.1 Å². The predicted molar refractivity (Wildman–Crippen MR) is 68.6 cm³/mol. The lowest BCUT2D eigenvalue weighted by atomic mass is 9.66. The number of nitrogens with one attached hydrogen (secondary N) is 1. The highest BCUT2D eigenvalue weighted by molar-refractivity contribution is 5.91. The number of carbonyl (C=O) groups is 1. The number of nitrogens with two attached hydrogens (primary N) is 1. The van der Waals surface area contributed by atoms with Gasteiger partial charge in [0.1, 0.15) is 0 Å². The van der Waals surface area contributed by atoms with Crippen LogP contribution in [0.15, 0.2) is 16.2 Å². The van der Waals surface area contributed by atoms with Gasteiger partial charge in [-0.2, -0.15) is 5.10 Å². The van der Waals surface area contributed by atoms with Gasteiger partial charge in [-0.15, -0.1) is 0 Å². The molecule has 0 saturated heterocycles. The second-order valence-corrected chi connectivity index (χ2v) is 5.25. The Kier molecular flexibility index (Phi) is 3.50. The number of hydrogen-bond acceptors (Lipinski definition) is 2. The van der Waals surface area contributed by atoms with Crippen molar-refractivity contribution in [2.45, 2.75) is 46.0 Å². The van der Waals surface area contributed by atoms with Crippen molar-refractivity contribution in [3.63, 3.8) is 0 Å². The van der Waals surface area contributed by atoms with Gasteiger partial charge in [0.2, 0.25) is 0 Å². The van der Waals surface area contributed by atoms with E-state index in [1.54, 1.807) is 5.57 Å². The first-order valence-corrected chi connectivity index (χ1v) is 6.38. The average molecular weight is 235 g/mol. The van der Waals surface area contributed by atoms with E-state index < -0.39 is 6.03 Å². The number of nitrogens with zero attached hydrogens (tertiary/aromatic N) is 1. The highest BCUT2D eigenvalue weighted by Crippen LogP contribution is 2.44. The van der Waals surface area contributed by atoms with Crippen LogP contribution in [-0.2, 0) is 0 Å². The van der Waals surface area contributed by atoms with Gasteiger partial charge in [0.15, 0.2) is 0 Å². The molecule has 2 saturated carbocycles. The summed E-state index contributed by atoms with van der Waals surface area (Å²) >= 11 is 0. The van der Waals surface area contributed by atoms with E-state index in [1.807, 2.05) is 0 Å². The van der Waals surface area contributed by atoms with Crippen molar-refractivity contribution in [1.82, 2.24) is 5.43 Å². The van der Waals surface area contributed by atoms with Crippen molar-refractivity contribution < 1.29 is 4.79 Å². The first-order chi connectivity index (χ1) is 8.09. The molecule has 2 bridgehead atoms. The van der Waals surface area contributed by atoms with Gasteiger partial charge in [-0.25, -0.2) is 10.2 Å². The molecular weight excluding hydrogens is 214 g/mol. The average Bonchev–Trinajstić information content (AvgIpc) is 2.27. The molecule has 2 aliphatic carbocycles. The van der Waals surface area contributed by atoms with Crippen LogP contribution in [0, 0.1) is 11.8 Å². The van der Waals surface area contributed by atoms with E-state index in [4.69, 9.17) is 5.73 Å². The molecule has 0 aromatic carbocycles. The van der Waals surface area contributed by atoms with Crippen molar-refractivity contribution in [3.8, 4) is 0 Å². The van der Waals surface area contributed by atoms with E-state index in [-0.39, 0.29) is 0 Å². The van der Waals surface area contributed by atoms with Crippen LogP contribution in [0.2, 0.25) is 0 Å². The molecule has 0 spiro atoms. The number of amides is 2. The first-order valence-electron chi connectivity index (χ1n) is 6.38. The van der Waals surface area contributed by atoms with Gasteiger partial charge >= 0.3 is 6.03 Å². The lowest BCUT2D eigenvalue weighted by molar-refractivity contribution is 0.249. The van der Waals surface area contributed by atoms with Gasteiger partial charge in [0.05, 0.1) is 0 Å². The first kappa shape index (κ1) is 12.1. The van der Waals surface area contributed by atoms with Crippen molar-refractivity contribution in [2.75, 3.05) is 0 Å². The van der Waals surface area contributed by atoms with E-state index in [0.29, 0.717) is 5.92 Å². The number of rotatable bonds is 1. The van der Waals surface area contributed by atoms with Crippen LogP contribution in [0.3, 0.4) is 0 Å². The Morgan fingerprint density at radius 2 is 2.12 bits per heavy atom. The van der Waals surface area contributed by atoms with Crippen LogP contribution in [0.25, 0.3) is 0 Å². The number of carbonyl (C=O) groups excluding carboxylic acids is 1. The van der Waals surface area contributed by atoms with Crippen LogP contribution in [0.1, 0.15) is 46.0 Å². The van der Waals surface area contributed by atoms with Crippen molar-refractivity contribution in [2.24, 2.45) is 22.7 Å². The van der Waals surface area contributed by atoms with Crippen LogP contribution in [0.4, 0.5) is 4.79 Å². The standard InChI is InChI=1S/C13H21N3O/c1-8(2)12-9-4-3-5-10(12)11(7-6-9)15-16-13(14)17/h9-10H,3-7H2,1-2H3,(H3,14,16,17)/b15-11+. The molecule has 2 aliphatic rings. The second-order valence-electron chi connectivity index (χ2n) is 5.25. The molecule has 2 rings (SSSR count). The number of fused-ring (bicyclic) bond motifs is 2. The maximum atomic E-state index is 10.7. The molecule has 94 valence electrons. The monoisotopic (exact) mass is 235 g/mol. The third-order valence-electron chi connectivity index (χ3n) is 3.90. The molecule has 17 heavy (non-hydrogen) atoms. The quantitative estimate of drug-likeness (QED) is 0.532. The van der Waals surface area contributed by atoms with Crippen molar-refractivity contribution >= 4 is 11.7 Å². The fraction of sp³-hybridized carbons (Fsp3) is 0.692. The summed E-state index contributed by atoms with van der Waals surface area (Å²) in [5.74, 6) is 1.19. The zero-order valence-electron chi connectivity index (χ0n) is 10.6. The SMILES string of the molecule is CC(C)=C1C2CCCC1/C(=N/NC(N)=O)CC2. The Labute approximate surface area is 102 Å². The highest BCUT2D eigenvalue weighted by Gasteiger charge is 2.35. The number of hydrogen-bond donors (Lipinski definition) is 2. The van der Waals surface area contributed by atoms with Crippen LogP contribution >= 0.6 is 0 Å². The molecule has 0 radical (unpaired) electrons. The van der Waals surface area contributed by atoms with Gasteiger partial charge in [-0.1, -0.05) is 17.6 Å². The van der Waals surface area contributed by atoms with Gasteiger partial charge in [0.25, 0.3) is 0 Å². The molecule has 2 fully saturated rings. The molecule has 0 aromatic rings. The van der Waals surface area contributed by atoms with E-state index in [2.05, 4.69) is 24.4 Å². The van der Waals surface area contributed by atoms with E-state index in [9.17, 15) is 4.79 Å². The summed E-state index contributed by atoms with van der Waals surface area (Å²) in [6, 6.07) is -0.575. The fourth-order valence-electron chi connectivity index (χ4n) is 3.32. The Morgan fingerprint density at radius 3 is 2.76 bits per heavy atom. The minimum Gasteiger partial charge on any atom is -0.350 e.